The molecular formula is C12H20N4O6S. The molecule has 0 aromatic carbocycles. The lowest BCUT2D eigenvalue weighted by molar-refractivity contribution is -0.127. The van der Waals surface area contributed by atoms with Crippen molar-refractivity contribution in [3.05, 3.63) is 0 Å². The first-order valence-electron chi connectivity index (χ1n) is 7.67. The van der Waals surface area contributed by atoms with Crippen LogP contribution in [0.5, 0.6) is 0 Å². The van der Waals surface area contributed by atoms with E-state index >= 15 is 0 Å². The number of hydrogen-bond donors (Lipinski definition) is 3. The van der Waals surface area contributed by atoms with Crippen molar-refractivity contribution in [1.82, 2.24) is 20.8 Å². The molecule has 3 fully saturated rings. The summed E-state index contributed by atoms with van der Waals surface area (Å²) in [5.74, 6) is -0.322. The third-order valence-electron chi connectivity index (χ3n) is 4.55. The molecule has 3 aliphatic rings. The number of nitrogens with zero attached hydrogens (tertiary/aromatic N) is 2. The van der Waals surface area contributed by atoms with Gasteiger partial charge in [-0.1, -0.05) is 12.8 Å². The lowest BCUT2D eigenvalue weighted by atomic mass is 10.0. The fraction of sp³-hybridized carbons (Fsp3) is 0.833. The van der Waals surface area contributed by atoms with Crippen molar-refractivity contribution in [2.45, 2.75) is 56.7 Å². The number of hydroxylamine groups is 2. The van der Waals surface area contributed by atoms with Crippen LogP contribution in [-0.4, -0.2) is 59.5 Å². The highest BCUT2D eigenvalue weighted by molar-refractivity contribution is 7.80. The Morgan fingerprint density at radius 2 is 1.91 bits per heavy atom. The largest absolute Gasteiger partial charge is 0.418 e. The molecule has 1 saturated carbocycles. The summed E-state index contributed by atoms with van der Waals surface area (Å²) in [6, 6.07) is -1.64. The van der Waals surface area contributed by atoms with Crippen molar-refractivity contribution in [2.24, 2.45) is 0 Å². The average molecular weight is 348 g/mol. The summed E-state index contributed by atoms with van der Waals surface area (Å²) in [5.41, 5.74) is 5.63. The maximum Gasteiger partial charge on any atom is 0.418 e. The van der Waals surface area contributed by atoms with Crippen LogP contribution in [0.25, 0.3) is 0 Å². The molecule has 2 atom stereocenters. The number of hydrogen-bond acceptors (Lipinski definition) is 6. The van der Waals surface area contributed by atoms with Gasteiger partial charge in [0.1, 0.15) is 6.04 Å². The van der Waals surface area contributed by atoms with E-state index in [1.54, 1.807) is 0 Å². The number of carbonyl (C=O) groups is 2. The van der Waals surface area contributed by atoms with Crippen LogP contribution < -0.4 is 10.9 Å². The zero-order chi connectivity index (χ0) is 16.6. The standard InChI is InChI=1S/C12H20N4O6S/c17-11(14-13-8-3-1-2-4-8)10-6-5-9-7-15(10)12(18)16(9)22-23(19,20)21/h8-10,13H,1-7H2,(H,14,17)(H,19,20,21)/t9?,10-/m0/s1. The zero-order valence-corrected chi connectivity index (χ0v) is 13.3. The SMILES string of the molecule is O=C(NNC1CCCC1)[C@@H]1CCC2CN1C(=O)N2OS(=O)(=O)O. The Hall–Kier alpha value is -1.43. The first-order valence-corrected chi connectivity index (χ1v) is 9.04. The minimum Gasteiger partial charge on any atom is -0.309 e. The fourth-order valence-corrected chi connectivity index (χ4v) is 3.82. The monoisotopic (exact) mass is 348 g/mol. The molecule has 3 amide bonds. The number of nitrogens with one attached hydrogen (secondary N) is 2. The summed E-state index contributed by atoms with van der Waals surface area (Å²) >= 11 is 0. The third kappa shape index (κ3) is 3.57. The van der Waals surface area contributed by atoms with Gasteiger partial charge in [-0.25, -0.2) is 10.2 Å². The van der Waals surface area contributed by atoms with Crippen LogP contribution in [0.4, 0.5) is 4.79 Å². The molecule has 0 aromatic rings. The third-order valence-corrected chi connectivity index (χ3v) is 4.90. The topological polar surface area (TPSA) is 128 Å². The van der Waals surface area contributed by atoms with Gasteiger partial charge in [0.05, 0.1) is 6.04 Å². The van der Waals surface area contributed by atoms with Crippen molar-refractivity contribution >= 4 is 22.3 Å². The predicted molar refractivity (Wildman–Crippen MR) is 76.9 cm³/mol. The van der Waals surface area contributed by atoms with E-state index in [0.29, 0.717) is 17.9 Å². The van der Waals surface area contributed by atoms with Gasteiger partial charge in [-0.3, -0.25) is 14.8 Å². The van der Waals surface area contributed by atoms with Crippen molar-refractivity contribution in [3.8, 4) is 0 Å². The van der Waals surface area contributed by atoms with E-state index in [4.69, 9.17) is 4.55 Å². The van der Waals surface area contributed by atoms with E-state index in [9.17, 15) is 18.0 Å². The average Bonchev–Trinajstić information content (AvgIpc) is 3.08. The molecule has 0 aromatic heterocycles. The summed E-state index contributed by atoms with van der Waals surface area (Å²) in [4.78, 5) is 25.7. The summed E-state index contributed by atoms with van der Waals surface area (Å²) in [5, 5.41) is 0.632. The number of urea groups is 1. The Kier molecular flexibility index (Phi) is 4.45. The lowest BCUT2D eigenvalue weighted by Crippen LogP contribution is -2.54. The van der Waals surface area contributed by atoms with Crippen LogP contribution >= 0.6 is 0 Å². The van der Waals surface area contributed by atoms with Crippen molar-refractivity contribution in [3.63, 3.8) is 0 Å². The maximum atomic E-state index is 12.3. The smallest absolute Gasteiger partial charge is 0.309 e. The van der Waals surface area contributed by atoms with E-state index in [1.807, 2.05) is 0 Å². The van der Waals surface area contributed by atoms with Gasteiger partial charge in [-0.05, 0) is 25.7 Å². The number of piperidine rings is 1. The Balaban J connectivity index is 1.60. The molecule has 3 rings (SSSR count). The molecule has 0 spiro atoms. The first-order chi connectivity index (χ1) is 10.8. The normalized spacial score (nSPS) is 28.5. The highest BCUT2D eigenvalue weighted by atomic mass is 32.3. The van der Waals surface area contributed by atoms with E-state index in [2.05, 4.69) is 15.1 Å². The highest BCUT2D eigenvalue weighted by Crippen LogP contribution is 2.30. The van der Waals surface area contributed by atoms with Gasteiger partial charge < -0.3 is 4.90 Å². The van der Waals surface area contributed by atoms with Crippen LogP contribution in [0.1, 0.15) is 38.5 Å². The lowest BCUT2D eigenvalue weighted by Gasteiger charge is -2.29. The number of rotatable bonds is 5. The second-order valence-corrected chi connectivity index (χ2v) is 7.13. The van der Waals surface area contributed by atoms with E-state index in [0.717, 1.165) is 25.7 Å². The van der Waals surface area contributed by atoms with E-state index in [1.165, 1.54) is 4.90 Å². The molecule has 3 N–H and O–H groups in total. The maximum absolute atomic E-state index is 12.3. The van der Waals surface area contributed by atoms with Gasteiger partial charge in [0.25, 0.3) is 5.91 Å². The Morgan fingerprint density at radius 3 is 2.57 bits per heavy atom. The van der Waals surface area contributed by atoms with Gasteiger partial charge in [0.2, 0.25) is 0 Å². The summed E-state index contributed by atoms with van der Waals surface area (Å²) < 4.78 is 34.7. The first kappa shape index (κ1) is 16.4. The molecule has 23 heavy (non-hydrogen) atoms. The molecule has 10 nitrogen and oxygen atoms in total. The molecule has 11 heteroatoms. The highest BCUT2D eigenvalue weighted by Gasteiger charge is 2.49. The number of hydrazine groups is 1. The second-order valence-electron chi connectivity index (χ2n) is 6.12. The molecular weight excluding hydrogens is 328 g/mol. The summed E-state index contributed by atoms with van der Waals surface area (Å²) in [7, 11) is -4.77. The van der Waals surface area contributed by atoms with Crippen LogP contribution in [-0.2, 0) is 19.5 Å². The van der Waals surface area contributed by atoms with Crippen molar-refractivity contribution < 1.29 is 26.8 Å². The molecule has 2 heterocycles. The molecule has 1 unspecified atom stereocenters. The van der Waals surface area contributed by atoms with Crippen molar-refractivity contribution in [2.75, 3.05) is 6.54 Å². The van der Waals surface area contributed by atoms with E-state index in [-0.39, 0.29) is 18.5 Å². The minimum atomic E-state index is -4.77. The number of amides is 3. The van der Waals surface area contributed by atoms with Crippen LogP contribution in [0.15, 0.2) is 0 Å². The van der Waals surface area contributed by atoms with Crippen LogP contribution in [0, 0.1) is 0 Å². The predicted octanol–water partition coefficient (Wildman–Crippen LogP) is -0.447. The zero-order valence-electron chi connectivity index (χ0n) is 12.5. The molecule has 0 radical (unpaired) electrons. The summed E-state index contributed by atoms with van der Waals surface area (Å²) in [6.45, 7) is 0.190. The number of fused-ring (bicyclic) bond motifs is 2. The molecule has 2 bridgehead atoms. The Labute approximate surface area is 134 Å². The van der Waals surface area contributed by atoms with Crippen molar-refractivity contribution in [1.29, 1.82) is 0 Å². The molecule has 1 aliphatic carbocycles. The fourth-order valence-electron chi connectivity index (χ4n) is 3.43. The quantitative estimate of drug-likeness (QED) is 0.453. The second kappa shape index (κ2) is 6.23. The molecule has 130 valence electrons. The Bertz CT molecular complexity index is 590. The molecule has 2 saturated heterocycles. The van der Waals surface area contributed by atoms with Crippen LogP contribution in [0.2, 0.25) is 0 Å². The minimum absolute atomic E-state index is 0.190. The van der Waals surface area contributed by atoms with Gasteiger partial charge in [-0.15, -0.1) is 4.28 Å². The molecule has 2 aliphatic heterocycles. The van der Waals surface area contributed by atoms with Gasteiger partial charge >= 0.3 is 16.4 Å². The summed E-state index contributed by atoms with van der Waals surface area (Å²) in [6.07, 6.45) is 5.09. The van der Waals surface area contributed by atoms with Gasteiger partial charge in [-0.2, -0.15) is 13.5 Å². The van der Waals surface area contributed by atoms with E-state index < -0.39 is 28.5 Å². The number of carbonyl (C=O) groups excluding carboxylic acids is 2. The van der Waals surface area contributed by atoms with Gasteiger partial charge in [0, 0.05) is 12.6 Å². The van der Waals surface area contributed by atoms with Crippen LogP contribution in [0.3, 0.4) is 0 Å². The Morgan fingerprint density at radius 1 is 1.22 bits per heavy atom. The van der Waals surface area contributed by atoms with Gasteiger partial charge in [0.15, 0.2) is 0 Å².